The van der Waals surface area contributed by atoms with E-state index in [0.717, 1.165) is 22.1 Å². The van der Waals surface area contributed by atoms with Crippen LogP contribution in [-0.4, -0.2) is 35.1 Å². The molecule has 0 radical (unpaired) electrons. The Bertz CT molecular complexity index is 489. The molecule has 1 N–H and O–H groups in total. The van der Waals surface area contributed by atoms with Gasteiger partial charge in [-0.1, -0.05) is 6.42 Å². The number of rotatable bonds is 3. The first-order valence-corrected chi connectivity index (χ1v) is 8.97. The molecule has 1 aliphatic carbocycles. The van der Waals surface area contributed by atoms with Crippen molar-refractivity contribution in [2.45, 2.75) is 52.1 Å². The molecule has 2 aliphatic rings. The van der Waals surface area contributed by atoms with E-state index in [2.05, 4.69) is 58.0 Å². The maximum Gasteiger partial charge on any atom is 0.106 e. The van der Waals surface area contributed by atoms with Crippen LogP contribution in [0.4, 0.5) is 5.69 Å². The van der Waals surface area contributed by atoms with Gasteiger partial charge >= 0.3 is 0 Å². The van der Waals surface area contributed by atoms with Gasteiger partial charge in [0.2, 0.25) is 0 Å². The minimum absolute atomic E-state index is 0.621. The summed E-state index contributed by atoms with van der Waals surface area (Å²) in [7, 11) is 0. The number of pyridine rings is 1. The van der Waals surface area contributed by atoms with Crippen LogP contribution in [0.5, 0.6) is 0 Å². The predicted octanol–water partition coefficient (Wildman–Crippen LogP) is 4.07. The average Bonchev–Trinajstić information content (AvgIpc) is 2.41. The third kappa shape index (κ3) is 3.26. The molecule has 0 amide bonds. The van der Waals surface area contributed by atoms with Gasteiger partial charge in [-0.25, -0.2) is 4.98 Å². The van der Waals surface area contributed by atoms with E-state index >= 15 is 0 Å². The van der Waals surface area contributed by atoms with Crippen molar-refractivity contribution in [2.75, 3.05) is 18.4 Å². The number of fused-ring (bicyclic) bond motifs is 2. The SMILES string of the molecule is Cc1nc(Br)ccc1NC1C2CCCC1CN(C(C)C)C2. The molecule has 2 unspecified atom stereocenters. The van der Waals surface area contributed by atoms with Crippen LogP contribution in [-0.2, 0) is 0 Å². The molecule has 1 saturated heterocycles. The summed E-state index contributed by atoms with van der Waals surface area (Å²) in [5, 5.41) is 3.83. The van der Waals surface area contributed by atoms with E-state index < -0.39 is 0 Å². The van der Waals surface area contributed by atoms with Crippen molar-refractivity contribution in [3.8, 4) is 0 Å². The van der Waals surface area contributed by atoms with Crippen LogP contribution in [0, 0.1) is 18.8 Å². The Morgan fingerprint density at radius 3 is 2.48 bits per heavy atom. The molecule has 0 spiro atoms. The van der Waals surface area contributed by atoms with E-state index in [1.807, 2.05) is 6.07 Å². The molecule has 1 aromatic rings. The molecule has 3 rings (SSSR count). The standard InChI is InChI=1S/C17H26BrN3/c1-11(2)21-9-13-5-4-6-14(10-21)17(13)20-15-7-8-16(18)19-12(15)3/h7-8,11,13-14,17,20H,4-6,9-10H2,1-3H3. The number of halogens is 1. The van der Waals surface area contributed by atoms with Crippen LogP contribution in [0.1, 0.15) is 38.8 Å². The molecular weight excluding hydrogens is 326 g/mol. The van der Waals surface area contributed by atoms with Crippen molar-refractivity contribution in [2.24, 2.45) is 11.8 Å². The van der Waals surface area contributed by atoms with Crippen molar-refractivity contribution >= 4 is 21.6 Å². The first-order chi connectivity index (χ1) is 10.0. The van der Waals surface area contributed by atoms with Crippen molar-refractivity contribution in [3.05, 3.63) is 22.4 Å². The number of aromatic nitrogens is 1. The Balaban J connectivity index is 1.76. The fraction of sp³-hybridized carbons (Fsp3) is 0.706. The lowest BCUT2D eigenvalue weighted by Crippen LogP contribution is -2.56. The fourth-order valence-corrected chi connectivity index (χ4v) is 4.39. The van der Waals surface area contributed by atoms with E-state index in [1.54, 1.807) is 0 Å². The zero-order valence-electron chi connectivity index (χ0n) is 13.3. The maximum absolute atomic E-state index is 4.52. The number of hydrogen-bond acceptors (Lipinski definition) is 3. The Hall–Kier alpha value is -0.610. The lowest BCUT2D eigenvalue weighted by Gasteiger charge is -2.49. The highest BCUT2D eigenvalue weighted by atomic mass is 79.9. The molecule has 2 fully saturated rings. The highest BCUT2D eigenvalue weighted by Crippen LogP contribution is 2.37. The van der Waals surface area contributed by atoms with Crippen LogP contribution < -0.4 is 5.32 Å². The van der Waals surface area contributed by atoms with Gasteiger partial charge in [-0.3, -0.25) is 0 Å². The minimum Gasteiger partial charge on any atom is -0.380 e. The number of piperidine rings is 1. The summed E-state index contributed by atoms with van der Waals surface area (Å²) in [6.45, 7) is 9.23. The number of anilines is 1. The molecule has 116 valence electrons. The molecule has 2 heterocycles. The second-order valence-electron chi connectivity index (χ2n) is 6.94. The summed E-state index contributed by atoms with van der Waals surface area (Å²) in [4.78, 5) is 7.19. The predicted molar refractivity (Wildman–Crippen MR) is 91.6 cm³/mol. The van der Waals surface area contributed by atoms with Crippen molar-refractivity contribution in [1.29, 1.82) is 0 Å². The fourth-order valence-electron chi connectivity index (χ4n) is 3.99. The van der Waals surface area contributed by atoms with Crippen LogP contribution in [0.15, 0.2) is 16.7 Å². The van der Waals surface area contributed by atoms with E-state index in [4.69, 9.17) is 0 Å². The molecular formula is C17H26BrN3. The molecule has 1 aliphatic heterocycles. The normalized spacial score (nSPS) is 29.7. The molecule has 1 saturated carbocycles. The highest BCUT2D eigenvalue weighted by Gasteiger charge is 2.40. The van der Waals surface area contributed by atoms with E-state index in [1.165, 1.54) is 38.0 Å². The van der Waals surface area contributed by atoms with Crippen LogP contribution in [0.25, 0.3) is 0 Å². The van der Waals surface area contributed by atoms with Gasteiger partial charge < -0.3 is 10.2 Å². The quantitative estimate of drug-likeness (QED) is 0.831. The molecule has 0 aromatic carbocycles. The zero-order valence-corrected chi connectivity index (χ0v) is 14.9. The van der Waals surface area contributed by atoms with Gasteiger partial charge in [-0.15, -0.1) is 0 Å². The Kier molecular flexibility index (Phi) is 4.55. The van der Waals surface area contributed by atoms with E-state index in [-0.39, 0.29) is 0 Å². The third-order valence-electron chi connectivity index (χ3n) is 5.21. The number of nitrogens with zero attached hydrogens (tertiary/aromatic N) is 2. The largest absolute Gasteiger partial charge is 0.380 e. The first kappa shape index (κ1) is 15.3. The molecule has 4 heteroatoms. The van der Waals surface area contributed by atoms with Gasteiger partial charge in [0.05, 0.1) is 11.4 Å². The van der Waals surface area contributed by atoms with Crippen LogP contribution in [0.2, 0.25) is 0 Å². The van der Waals surface area contributed by atoms with Gasteiger partial charge in [0.1, 0.15) is 4.60 Å². The Morgan fingerprint density at radius 1 is 1.24 bits per heavy atom. The van der Waals surface area contributed by atoms with Crippen molar-refractivity contribution in [1.82, 2.24) is 9.88 Å². The smallest absolute Gasteiger partial charge is 0.106 e. The van der Waals surface area contributed by atoms with E-state index in [9.17, 15) is 0 Å². The molecule has 1 aromatic heterocycles. The minimum atomic E-state index is 0.621. The maximum atomic E-state index is 4.52. The first-order valence-electron chi connectivity index (χ1n) is 8.18. The van der Waals surface area contributed by atoms with Crippen molar-refractivity contribution < 1.29 is 0 Å². The summed E-state index contributed by atoms with van der Waals surface area (Å²) < 4.78 is 0.917. The van der Waals surface area contributed by atoms with Crippen LogP contribution >= 0.6 is 15.9 Å². The summed E-state index contributed by atoms with van der Waals surface area (Å²) in [6, 6.07) is 5.49. The number of likely N-dealkylation sites (tertiary alicyclic amines) is 1. The van der Waals surface area contributed by atoms with Crippen LogP contribution in [0.3, 0.4) is 0 Å². The summed E-state index contributed by atoms with van der Waals surface area (Å²) >= 11 is 3.45. The topological polar surface area (TPSA) is 28.2 Å². The summed E-state index contributed by atoms with van der Waals surface area (Å²) in [6.07, 6.45) is 4.12. The van der Waals surface area contributed by atoms with Gasteiger partial charge in [-0.05, 0) is 73.5 Å². The van der Waals surface area contributed by atoms with E-state index in [0.29, 0.717) is 12.1 Å². The monoisotopic (exact) mass is 351 g/mol. The zero-order chi connectivity index (χ0) is 15.0. The van der Waals surface area contributed by atoms with Gasteiger partial charge in [0, 0.05) is 25.2 Å². The number of nitrogens with one attached hydrogen (secondary N) is 1. The lowest BCUT2D eigenvalue weighted by molar-refractivity contribution is 0.0518. The number of aryl methyl sites for hydroxylation is 1. The summed E-state index contributed by atoms with van der Waals surface area (Å²) in [5.74, 6) is 1.56. The molecule has 21 heavy (non-hydrogen) atoms. The Labute approximate surface area is 136 Å². The molecule has 3 nitrogen and oxygen atoms in total. The molecule has 2 atom stereocenters. The molecule has 2 bridgehead atoms. The number of hydrogen-bond donors (Lipinski definition) is 1. The second kappa shape index (κ2) is 6.25. The average molecular weight is 352 g/mol. The van der Waals surface area contributed by atoms with Gasteiger partial charge in [0.25, 0.3) is 0 Å². The lowest BCUT2D eigenvalue weighted by atomic mass is 9.73. The van der Waals surface area contributed by atoms with Crippen molar-refractivity contribution in [3.63, 3.8) is 0 Å². The third-order valence-corrected chi connectivity index (χ3v) is 5.65. The Morgan fingerprint density at radius 2 is 1.90 bits per heavy atom. The van der Waals surface area contributed by atoms with Gasteiger partial charge in [0.15, 0.2) is 0 Å². The highest BCUT2D eigenvalue weighted by molar-refractivity contribution is 9.10. The summed E-state index contributed by atoms with van der Waals surface area (Å²) in [5.41, 5.74) is 2.30. The van der Waals surface area contributed by atoms with Gasteiger partial charge in [-0.2, -0.15) is 0 Å². The second-order valence-corrected chi connectivity index (χ2v) is 7.75.